The van der Waals surface area contributed by atoms with E-state index in [1.165, 1.54) is 32.1 Å². The van der Waals surface area contributed by atoms with Crippen LogP contribution in [-0.4, -0.2) is 35.8 Å². The maximum atomic E-state index is 12.0. The number of aromatic nitrogens is 2. The number of rotatable bonds is 7. The molecule has 10 nitrogen and oxygen atoms in total. The highest BCUT2D eigenvalue weighted by atomic mass is 16.6. The highest BCUT2D eigenvalue weighted by molar-refractivity contribution is 5.54. The number of aromatic amines is 1. The van der Waals surface area contributed by atoms with Crippen molar-refractivity contribution in [2.75, 3.05) is 21.3 Å². The molecule has 0 saturated carbocycles. The molecule has 0 amide bonds. The minimum Gasteiger partial charge on any atom is -0.493 e. The van der Waals surface area contributed by atoms with Crippen LogP contribution in [0, 0.1) is 10.1 Å². The van der Waals surface area contributed by atoms with Gasteiger partial charge in [0.25, 0.3) is 5.56 Å². The van der Waals surface area contributed by atoms with Gasteiger partial charge in [-0.05, 0) is 17.7 Å². The molecule has 26 heavy (non-hydrogen) atoms. The zero-order valence-electron chi connectivity index (χ0n) is 14.3. The Bertz CT molecular complexity index is 934. The minimum atomic E-state index is -0.714. The molecule has 0 aliphatic rings. The number of ether oxygens (including phenoxy) is 3. The summed E-state index contributed by atoms with van der Waals surface area (Å²) in [6.45, 7) is 0.0750. The maximum absolute atomic E-state index is 12.0. The highest BCUT2D eigenvalue weighted by Crippen LogP contribution is 2.38. The van der Waals surface area contributed by atoms with Gasteiger partial charge >= 0.3 is 5.69 Å². The van der Waals surface area contributed by atoms with Crippen molar-refractivity contribution in [1.29, 1.82) is 0 Å². The fraction of sp³-hybridized carbons (Fsp3) is 0.250. The first-order chi connectivity index (χ1) is 12.4. The molecule has 0 unspecified atom stereocenters. The van der Waals surface area contributed by atoms with Crippen LogP contribution in [0.1, 0.15) is 11.1 Å². The number of benzene rings is 1. The Kier molecular flexibility index (Phi) is 5.78. The lowest BCUT2D eigenvalue weighted by Crippen LogP contribution is -2.31. The molecule has 0 bridgehead atoms. The molecular formula is C16H17N3O7. The van der Waals surface area contributed by atoms with E-state index in [4.69, 9.17) is 14.2 Å². The van der Waals surface area contributed by atoms with Crippen LogP contribution in [0.2, 0.25) is 0 Å². The summed E-state index contributed by atoms with van der Waals surface area (Å²) in [5, 5.41) is 10.4. The average Bonchev–Trinajstić information content (AvgIpc) is 2.61. The first kappa shape index (κ1) is 18.8. The molecule has 1 aromatic carbocycles. The molecular weight excluding hydrogens is 346 g/mol. The molecule has 138 valence electrons. The van der Waals surface area contributed by atoms with E-state index in [0.29, 0.717) is 29.0 Å². The van der Waals surface area contributed by atoms with Crippen molar-refractivity contribution in [2.45, 2.75) is 6.54 Å². The van der Waals surface area contributed by atoms with Gasteiger partial charge in [-0.15, -0.1) is 0 Å². The zero-order valence-corrected chi connectivity index (χ0v) is 14.3. The number of nitro groups is 1. The normalized spacial score (nSPS) is 10.7. The summed E-state index contributed by atoms with van der Waals surface area (Å²) in [7, 11) is 4.40. The van der Waals surface area contributed by atoms with Crippen LogP contribution in [0.3, 0.4) is 0 Å². The molecule has 1 aromatic heterocycles. The lowest BCUT2D eigenvalue weighted by Gasteiger charge is -2.14. The van der Waals surface area contributed by atoms with Gasteiger partial charge in [0.15, 0.2) is 11.5 Å². The van der Waals surface area contributed by atoms with Crippen LogP contribution in [-0.2, 0) is 6.54 Å². The molecule has 2 rings (SSSR count). The molecule has 2 aromatic rings. The van der Waals surface area contributed by atoms with Gasteiger partial charge in [-0.25, -0.2) is 4.79 Å². The summed E-state index contributed by atoms with van der Waals surface area (Å²) in [6, 6.07) is 3.32. The van der Waals surface area contributed by atoms with Crippen LogP contribution < -0.4 is 25.5 Å². The molecule has 0 radical (unpaired) electrons. The third-order valence-electron chi connectivity index (χ3n) is 3.49. The van der Waals surface area contributed by atoms with E-state index in [1.54, 1.807) is 12.1 Å². The van der Waals surface area contributed by atoms with Crippen LogP contribution >= 0.6 is 0 Å². The summed E-state index contributed by atoms with van der Waals surface area (Å²) in [6.07, 6.45) is 2.88. The molecule has 0 fully saturated rings. The van der Waals surface area contributed by atoms with E-state index in [9.17, 15) is 19.7 Å². The van der Waals surface area contributed by atoms with Crippen LogP contribution in [0.15, 0.2) is 34.1 Å². The van der Waals surface area contributed by atoms with E-state index >= 15 is 0 Å². The van der Waals surface area contributed by atoms with E-state index in [2.05, 4.69) is 4.98 Å². The van der Waals surface area contributed by atoms with Gasteiger partial charge in [0.1, 0.15) is 0 Å². The molecule has 0 aliphatic heterocycles. The van der Waals surface area contributed by atoms with Gasteiger partial charge in [-0.3, -0.25) is 24.5 Å². The van der Waals surface area contributed by atoms with Crippen molar-refractivity contribution in [1.82, 2.24) is 9.55 Å². The summed E-state index contributed by atoms with van der Waals surface area (Å²) >= 11 is 0. The van der Waals surface area contributed by atoms with Crippen molar-refractivity contribution in [3.8, 4) is 17.2 Å². The first-order valence-electron chi connectivity index (χ1n) is 7.34. The molecule has 0 spiro atoms. The molecule has 1 heterocycles. The second kappa shape index (κ2) is 8.01. The van der Waals surface area contributed by atoms with Gasteiger partial charge < -0.3 is 14.2 Å². The molecule has 0 atom stereocenters. The molecule has 0 saturated heterocycles. The third kappa shape index (κ3) is 4.09. The van der Waals surface area contributed by atoms with Gasteiger partial charge in [-0.1, -0.05) is 0 Å². The van der Waals surface area contributed by atoms with Gasteiger partial charge in [0.05, 0.1) is 38.4 Å². The number of hydrogen-bond donors (Lipinski definition) is 1. The first-order valence-corrected chi connectivity index (χ1v) is 7.34. The van der Waals surface area contributed by atoms with E-state index < -0.39 is 16.2 Å². The summed E-state index contributed by atoms with van der Waals surface area (Å²) < 4.78 is 17.0. The standard InChI is InChI=1S/C16H17N3O7/c1-24-12-6-10(7-13(25-2)14(12)26-3)8-18-9-11(4-5-19(22)23)15(20)17-16(18)21/h4-7,9H,8H2,1-3H3,(H,17,20,21)/b5-4+. The van der Waals surface area contributed by atoms with Gasteiger partial charge in [-0.2, -0.15) is 0 Å². The van der Waals surface area contributed by atoms with Crippen molar-refractivity contribution >= 4 is 6.08 Å². The summed E-state index contributed by atoms with van der Waals surface area (Å²) in [4.78, 5) is 35.6. The number of nitrogens with zero attached hydrogens (tertiary/aromatic N) is 2. The second-order valence-electron chi connectivity index (χ2n) is 5.11. The predicted molar refractivity (Wildman–Crippen MR) is 92.6 cm³/mol. The lowest BCUT2D eigenvalue weighted by atomic mass is 10.1. The van der Waals surface area contributed by atoms with Crippen LogP contribution in [0.4, 0.5) is 0 Å². The topological polar surface area (TPSA) is 126 Å². The fourth-order valence-electron chi connectivity index (χ4n) is 2.33. The average molecular weight is 363 g/mol. The van der Waals surface area contributed by atoms with E-state index in [1.807, 2.05) is 0 Å². The van der Waals surface area contributed by atoms with Crippen molar-refractivity contribution in [3.63, 3.8) is 0 Å². The Morgan fingerprint density at radius 3 is 2.27 bits per heavy atom. The summed E-state index contributed by atoms with van der Waals surface area (Å²) in [5.74, 6) is 1.22. The number of methoxy groups -OCH3 is 3. The van der Waals surface area contributed by atoms with Crippen molar-refractivity contribution in [3.05, 3.63) is 66.6 Å². The van der Waals surface area contributed by atoms with Crippen LogP contribution in [0.25, 0.3) is 6.08 Å². The largest absolute Gasteiger partial charge is 0.493 e. The Morgan fingerprint density at radius 1 is 1.15 bits per heavy atom. The quantitative estimate of drug-likeness (QED) is 0.571. The molecule has 0 aliphatic carbocycles. The third-order valence-corrected chi connectivity index (χ3v) is 3.49. The number of hydrogen-bond acceptors (Lipinski definition) is 7. The zero-order chi connectivity index (χ0) is 19.3. The number of nitrogens with one attached hydrogen (secondary N) is 1. The molecule has 10 heteroatoms. The Labute approximate surface area is 147 Å². The number of H-pyrrole nitrogens is 1. The van der Waals surface area contributed by atoms with Gasteiger partial charge in [0, 0.05) is 12.3 Å². The SMILES string of the molecule is COc1cc(Cn2cc(/C=C/[N+](=O)[O-])c(=O)[nH]c2=O)cc(OC)c1OC. The monoisotopic (exact) mass is 363 g/mol. The predicted octanol–water partition coefficient (Wildman–Crippen LogP) is 0.858. The summed E-state index contributed by atoms with van der Waals surface area (Å²) in [5.41, 5.74) is -0.747. The lowest BCUT2D eigenvalue weighted by molar-refractivity contribution is -0.400. The van der Waals surface area contributed by atoms with Crippen LogP contribution in [0.5, 0.6) is 17.2 Å². The van der Waals surface area contributed by atoms with Crippen molar-refractivity contribution < 1.29 is 19.1 Å². The Hall–Kier alpha value is -3.56. The van der Waals surface area contributed by atoms with Gasteiger partial charge in [0.2, 0.25) is 11.9 Å². The van der Waals surface area contributed by atoms with E-state index in [0.717, 1.165) is 6.08 Å². The smallest absolute Gasteiger partial charge is 0.328 e. The Morgan fingerprint density at radius 2 is 1.77 bits per heavy atom. The van der Waals surface area contributed by atoms with Crippen molar-refractivity contribution in [2.24, 2.45) is 0 Å². The minimum absolute atomic E-state index is 0.0197. The Balaban J connectivity index is 2.48. The highest BCUT2D eigenvalue weighted by Gasteiger charge is 2.14. The molecule has 1 N–H and O–H groups in total. The fourth-order valence-corrected chi connectivity index (χ4v) is 2.33. The second-order valence-corrected chi connectivity index (χ2v) is 5.11. The maximum Gasteiger partial charge on any atom is 0.328 e. The van der Waals surface area contributed by atoms with E-state index in [-0.39, 0.29) is 12.1 Å².